The van der Waals surface area contributed by atoms with Crippen LogP contribution in [0.1, 0.15) is 18.5 Å². The SMILES string of the molecule is ClC1(c2ccccn2)CC1. The van der Waals surface area contributed by atoms with Gasteiger partial charge in [0.15, 0.2) is 0 Å². The Hall–Kier alpha value is -0.560. The Balaban J connectivity index is 2.35. The first kappa shape index (κ1) is 6.17. The van der Waals surface area contributed by atoms with Gasteiger partial charge in [-0.3, -0.25) is 4.98 Å². The van der Waals surface area contributed by atoms with Gasteiger partial charge in [-0.05, 0) is 25.0 Å². The number of hydrogen-bond donors (Lipinski definition) is 0. The van der Waals surface area contributed by atoms with Gasteiger partial charge in [-0.15, -0.1) is 11.6 Å². The Labute approximate surface area is 65.0 Å². The molecule has 1 nitrogen and oxygen atoms in total. The Morgan fingerprint density at radius 1 is 1.40 bits per heavy atom. The van der Waals surface area contributed by atoms with Gasteiger partial charge >= 0.3 is 0 Å². The van der Waals surface area contributed by atoms with Crippen LogP contribution in [0.25, 0.3) is 0 Å². The highest BCUT2D eigenvalue weighted by Gasteiger charge is 2.43. The van der Waals surface area contributed by atoms with Crippen LogP contribution in [-0.4, -0.2) is 4.98 Å². The number of alkyl halides is 1. The first-order valence-corrected chi connectivity index (χ1v) is 3.79. The maximum Gasteiger partial charge on any atom is 0.0867 e. The first-order chi connectivity index (χ1) is 4.81. The molecule has 0 spiro atoms. The van der Waals surface area contributed by atoms with Gasteiger partial charge in [0.1, 0.15) is 0 Å². The number of aromatic nitrogens is 1. The van der Waals surface area contributed by atoms with Gasteiger partial charge in [-0.25, -0.2) is 0 Å². The average Bonchev–Trinajstić information content (AvgIpc) is 2.72. The minimum absolute atomic E-state index is 0.0960. The largest absolute Gasteiger partial charge is 0.259 e. The molecule has 2 heteroatoms. The highest BCUT2D eigenvalue weighted by Crippen LogP contribution is 2.50. The molecule has 0 atom stereocenters. The molecule has 0 aromatic carbocycles. The van der Waals surface area contributed by atoms with Crippen molar-refractivity contribution in [3.63, 3.8) is 0 Å². The maximum atomic E-state index is 6.11. The van der Waals surface area contributed by atoms with E-state index in [2.05, 4.69) is 4.98 Å². The molecule has 1 aromatic rings. The summed E-state index contributed by atoms with van der Waals surface area (Å²) in [7, 11) is 0. The molecule has 1 aromatic heterocycles. The molecule has 10 heavy (non-hydrogen) atoms. The van der Waals surface area contributed by atoms with E-state index in [1.54, 1.807) is 6.20 Å². The molecular formula is C8H8ClN. The molecule has 0 aliphatic heterocycles. The number of nitrogens with zero attached hydrogens (tertiary/aromatic N) is 1. The number of pyridine rings is 1. The molecule has 0 saturated heterocycles. The standard InChI is InChI=1S/C8H8ClN/c9-8(4-5-8)7-3-1-2-6-10-7/h1-3,6H,4-5H2. The van der Waals surface area contributed by atoms with E-state index in [-0.39, 0.29) is 4.87 Å². The summed E-state index contributed by atoms with van der Waals surface area (Å²) in [5.74, 6) is 0. The van der Waals surface area contributed by atoms with Crippen molar-refractivity contribution in [1.29, 1.82) is 0 Å². The van der Waals surface area contributed by atoms with Crippen LogP contribution in [0.5, 0.6) is 0 Å². The molecule has 1 heterocycles. The normalized spacial score (nSPS) is 20.5. The Kier molecular flexibility index (Phi) is 1.21. The summed E-state index contributed by atoms with van der Waals surface area (Å²) < 4.78 is 0. The Morgan fingerprint density at radius 3 is 2.70 bits per heavy atom. The molecule has 1 aliphatic carbocycles. The van der Waals surface area contributed by atoms with Crippen LogP contribution in [0, 0.1) is 0 Å². The second kappa shape index (κ2) is 1.96. The minimum atomic E-state index is -0.0960. The highest BCUT2D eigenvalue weighted by molar-refractivity contribution is 6.25. The van der Waals surface area contributed by atoms with Crippen LogP contribution >= 0.6 is 11.6 Å². The predicted octanol–water partition coefficient (Wildman–Crippen LogP) is 2.31. The predicted molar refractivity (Wildman–Crippen MR) is 41.0 cm³/mol. The summed E-state index contributed by atoms with van der Waals surface area (Å²) in [6.45, 7) is 0. The fourth-order valence-electron chi connectivity index (χ4n) is 0.994. The van der Waals surface area contributed by atoms with Crippen molar-refractivity contribution in [2.45, 2.75) is 17.7 Å². The zero-order valence-corrected chi connectivity index (χ0v) is 6.30. The van der Waals surface area contributed by atoms with E-state index in [1.165, 1.54) is 0 Å². The van der Waals surface area contributed by atoms with Crippen molar-refractivity contribution in [3.8, 4) is 0 Å². The van der Waals surface area contributed by atoms with Crippen molar-refractivity contribution < 1.29 is 0 Å². The van der Waals surface area contributed by atoms with Crippen LogP contribution in [0.15, 0.2) is 24.4 Å². The summed E-state index contributed by atoms with van der Waals surface area (Å²) in [5, 5.41) is 0. The molecular weight excluding hydrogens is 146 g/mol. The van der Waals surface area contributed by atoms with E-state index in [4.69, 9.17) is 11.6 Å². The molecule has 0 bridgehead atoms. The molecule has 0 N–H and O–H groups in total. The second-order valence-electron chi connectivity index (χ2n) is 2.68. The van der Waals surface area contributed by atoms with E-state index in [9.17, 15) is 0 Å². The van der Waals surface area contributed by atoms with Crippen molar-refractivity contribution in [2.75, 3.05) is 0 Å². The van der Waals surface area contributed by atoms with Gasteiger partial charge in [0.2, 0.25) is 0 Å². The zero-order valence-electron chi connectivity index (χ0n) is 5.55. The lowest BCUT2D eigenvalue weighted by atomic mass is 10.2. The third kappa shape index (κ3) is 0.907. The fourth-order valence-corrected chi connectivity index (χ4v) is 1.20. The molecule has 0 amide bonds. The quantitative estimate of drug-likeness (QED) is 0.565. The zero-order chi connectivity index (χ0) is 7.03. The minimum Gasteiger partial charge on any atom is -0.259 e. The monoisotopic (exact) mass is 153 g/mol. The van der Waals surface area contributed by atoms with Crippen LogP contribution in [0.3, 0.4) is 0 Å². The van der Waals surface area contributed by atoms with Gasteiger partial charge in [0.25, 0.3) is 0 Å². The van der Waals surface area contributed by atoms with Gasteiger partial charge in [0.05, 0.1) is 10.6 Å². The van der Waals surface area contributed by atoms with Crippen LogP contribution in [0.4, 0.5) is 0 Å². The molecule has 2 rings (SSSR count). The van der Waals surface area contributed by atoms with Gasteiger partial charge in [-0.1, -0.05) is 6.07 Å². The van der Waals surface area contributed by atoms with E-state index in [0.29, 0.717) is 0 Å². The third-order valence-electron chi connectivity index (χ3n) is 1.81. The summed E-state index contributed by atoms with van der Waals surface area (Å²) in [5.41, 5.74) is 1.02. The van der Waals surface area contributed by atoms with E-state index in [0.717, 1.165) is 18.5 Å². The van der Waals surface area contributed by atoms with E-state index >= 15 is 0 Å². The summed E-state index contributed by atoms with van der Waals surface area (Å²) in [6.07, 6.45) is 3.94. The summed E-state index contributed by atoms with van der Waals surface area (Å²) in [6, 6.07) is 5.87. The second-order valence-corrected chi connectivity index (χ2v) is 3.40. The number of hydrogen-bond acceptors (Lipinski definition) is 1. The topological polar surface area (TPSA) is 12.9 Å². The van der Waals surface area contributed by atoms with Crippen molar-refractivity contribution >= 4 is 11.6 Å². The van der Waals surface area contributed by atoms with Crippen molar-refractivity contribution in [3.05, 3.63) is 30.1 Å². The lowest BCUT2D eigenvalue weighted by Gasteiger charge is -2.02. The van der Waals surface area contributed by atoms with Gasteiger partial charge < -0.3 is 0 Å². The van der Waals surface area contributed by atoms with Gasteiger partial charge in [0, 0.05) is 6.20 Å². The molecule has 1 saturated carbocycles. The number of rotatable bonds is 1. The molecule has 0 unspecified atom stereocenters. The Bertz CT molecular complexity index is 228. The lowest BCUT2D eigenvalue weighted by Crippen LogP contribution is -1.97. The van der Waals surface area contributed by atoms with Crippen LogP contribution in [-0.2, 0) is 4.87 Å². The van der Waals surface area contributed by atoms with Crippen molar-refractivity contribution in [1.82, 2.24) is 4.98 Å². The number of halogens is 1. The highest BCUT2D eigenvalue weighted by atomic mass is 35.5. The molecule has 0 radical (unpaired) electrons. The summed E-state index contributed by atoms with van der Waals surface area (Å²) in [4.78, 5) is 4.08. The first-order valence-electron chi connectivity index (χ1n) is 3.42. The van der Waals surface area contributed by atoms with Crippen LogP contribution < -0.4 is 0 Å². The molecule has 1 fully saturated rings. The average molecular weight is 154 g/mol. The van der Waals surface area contributed by atoms with E-state index in [1.807, 2.05) is 18.2 Å². The third-order valence-corrected chi connectivity index (χ3v) is 2.38. The fraction of sp³-hybridized carbons (Fsp3) is 0.375. The molecule has 1 aliphatic rings. The molecule has 52 valence electrons. The summed E-state index contributed by atoms with van der Waals surface area (Å²) >= 11 is 6.11. The van der Waals surface area contributed by atoms with Gasteiger partial charge in [-0.2, -0.15) is 0 Å². The Morgan fingerprint density at radius 2 is 2.20 bits per heavy atom. The van der Waals surface area contributed by atoms with Crippen LogP contribution in [0.2, 0.25) is 0 Å². The smallest absolute Gasteiger partial charge is 0.0867 e. The maximum absolute atomic E-state index is 6.11. The van der Waals surface area contributed by atoms with Crippen molar-refractivity contribution in [2.24, 2.45) is 0 Å². The lowest BCUT2D eigenvalue weighted by molar-refractivity contribution is 0.938. The van der Waals surface area contributed by atoms with E-state index < -0.39 is 0 Å².